The van der Waals surface area contributed by atoms with Crippen molar-refractivity contribution in [2.24, 2.45) is 0 Å². The normalized spacial score (nSPS) is 10.2. The molecule has 0 saturated carbocycles. The number of hydrogen-bond acceptors (Lipinski definition) is 5. The number of carboxylic acid groups (broad SMARTS) is 1. The molecule has 1 aromatic carbocycles. The number of benzene rings is 1. The number of amides is 1. The van der Waals surface area contributed by atoms with Gasteiger partial charge in [0.1, 0.15) is 10.8 Å². The van der Waals surface area contributed by atoms with E-state index in [1.165, 1.54) is 22.8 Å². The molecule has 2 aromatic rings. The van der Waals surface area contributed by atoms with E-state index in [0.29, 0.717) is 10.6 Å². The van der Waals surface area contributed by atoms with Crippen molar-refractivity contribution < 1.29 is 19.8 Å². The predicted octanol–water partition coefficient (Wildman–Crippen LogP) is 1.41. The van der Waals surface area contributed by atoms with Crippen LogP contribution < -0.4 is 5.32 Å². The molecule has 0 unspecified atom stereocenters. The van der Waals surface area contributed by atoms with E-state index in [-0.39, 0.29) is 30.3 Å². The second-order valence-corrected chi connectivity index (χ2v) is 4.96. The molecule has 3 N–H and O–H groups in total. The highest BCUT2D eigenvalue weighted by Crippen LogP contribution is 2.16. The number of phenols is 1. The molecule has 0 aliphatic heterocycles. The van der Waals surface area contributed by atoms with Gasteiger partial charge >= 0.3 is 5.97 Å². The summed E-state index contributed by atoms with van der Waals surface area (Å²) in [5, 5.41) is 22.9. The van der Waals surface area contributed by atoms with E-state index in [1.54, 1.807) is 18.2 Å². The molecule has 0 aliphatic carbocycles. The summed E-state index contributed by atoms with van der Waals surface area (Å²) < 4.78 is 0. The molecule has 1 heterocycles. The van der Waals surface area contributed by atoms with Crippen LogP contribution in [0.15, 0.2) is 29.6 Å². The van der Waals surface area contributed by atoms with Gasteiger partial charge in [-0.2, -0.15) is 0 Å². The molecular formula is C13H12N2O4S. The average Bonchev–Trinajstić information content (AvgIpc) is 2.88. The Bertz CT molecular complexity index is 639. The molecule has 104 valence electrons. The highest BCUT2D eigenvalue weighted by Gasteiger charge is 2.10. The van der Waals surface area contributed by atoms with Gasteiger partial charge in [-0.3, -0.25) is 4.79 Å². The number of carbonyl (C=O) groups excluding carboxylic acids is 1. The lowest BCUT2D eigenvalue weighted by atomic mass is 10.1. The number of rotatable bonds is 5. The molecule has 0 bridgehead atoms. The van der Waals surface area contributed by atoms with Gasteiger partial charge in [-0.15, -0.1) is 11.3 Å². The average molecular weight is 292 g/mol. The van der Waals surface area contributed by atoms with Crippen LogP contribution in [0.4, 0.5) is 0 Å². The number of aromatic carboxylic acids is 1. The fraction of sp³-hybridized carbons (Fsp3) is 0.154. The molecule has 6 nitrogen and oxygen atoms in total. The first-order chi connectivity index (χ1) is 9.56. The number of aromatic nitrogens is 1. The molecule has 1 aromatic heterocycles. The number of carbonyl (C=O) groups is 2. The van der Waals surface area contributed by atoms with Crippen LogP contribution in [0, 0.1) is 0 Å². The smallest absolute Gasteiger partial charge is 0.355 e. The zero-order chi connectivity index (χ0) is 14.5. The first-order valence-electron chi connectivity index (χ1n) is 5.77. The number of aromatic hydroxyl groups is 1. The second-order valence-electron chi connectivity index (χ2n) is 4.01. The van der Waals surface area contributed by atoms with Crippen molar-refractivity contribution in [2.75, 3.05) is 0 Å². The van der Waals surface area contributed by atoms with E-state index in [9.17, 15) is 14.7 Å². The molecule has 20 heavy (non-hydrogen) atoms. The van der Waals surface area contributed by atoms with Gasteiger partial charge in [-0.25, -0.2) is 9.78 Å². The number of nitrogens with one attached hydrogen (secondary N) is 1. The third-order valence-corrected chi connectivity index (χ3v) is 3.40. The van der Waals surface area contributed by atoms with E-state index >= 15 is 0 Å². The summed E-state index contributed by atoms with van der Waals surface area (Å²) >= 11 is 1.17. The zero-order valence-electron chi connectivity index (χ0n) is 10.4. The first-order valence-corrected chi connectivity index (χ1v) is 6.65. The van der Waals surface area contributed by atoms with Gasteiger partial charge in [-0.05, 0) is 6.07 Å². The summed E-state index contributed by atoms with van der Waals surface area (Å²) in [6, 6.07) is 6.60. The van der Waals surface area contributed by atoms with Crippen LogP contribution in [0.25, 0.3) is 0 Å². The fourth-order valence-electron chi connectivity index (χ4n) is 1.56. The molecule has 1 amide bonds. The Kier molecular flexibility index (Phi) is 4.31. The molecule has 0 fully saturated rings. The third-order valence-electron chi connectivity index (χ3n) is 2.55. The zero-order valence-corrected chi connectivity index (χ0v) is 11.2. The largest absolute Gasteiger partial charge is 0.508 e. The summed E-state index contributed by atoms with van der Waals surface area (Å²) in [4.78, 5) is 26.2. The van der Waals surface area contributed by atoms with Crippen LogP contribution in [0.1, 0.15) is 21.1 Å². The quantitative estimate of drug-likeness (QED) is 0.773. The van der Waals surface area contributed by atoms with Crippen molar-refractivity contribution in [3.05, 3.63) is 45.9 Å². The van der Waals surface area contributed by atoms with Crippen molar-refractivity contribution in [3.8, 4) is 5.75 Å². The summed E-state index contributed by atoms with van der Waals surface area (Å²) in [6.07, 6.45) is 0.0594. The van der Waals surface area contributed by atoms with Crippen LogP contribution in [0.5, 0.6) is 5.75 Å². The lowest BCUT2D eigenvalue weighted by molar-refractivity contribution is -0.120. The lowest BCUT2D eigenvalue weighted by Crippen LogP contribution is -2.24. The second kappa shape index (κ2) is 6.16. The third kappa shape index (κ3) is 3.55. The lowest BCUT2D eigenvalue weighted by Gasteiger charge is -2.05. The fourth-order valence-corrected chi connectivity index (χ4v) is 2.27. The highest BCUT2D eigenvalue weighted by molar-refractivity contribution is 7.09. The van der Waals surface area contributed by atoms with Crippen molar-refractivity contribution in [1.82, 2.24) is 10.3 Å². The van der Waals surface area contributed by atoms with Crippen LogP contribution in [-0.4, -0.2) is 27.1 Å². The maximum Gasteiger partial charge on any atom is 0.355 e. The van der Waals surface area contributed by atoms with Crippen LogP contribution in [0.3, 0.4) is 0 Å². The van der Waals surface area contributed by atoms with Gasteiger partial charge in [0.15, 0.2) is 5.69 Å². The number of hydrogen-bond donors (Lipinski definition) is 3. The van der Waals surface area contributed by atoms with E-state index < -0.39 is 5.97 Å². The standard InChI is InChI=1S/C13H12N2O4S/c16-10-4-2-1-3-8(10)5-11(17)14-6-12-15-9(7-20-12)13(18)19/h1-4,7,16H,5-6H2,(H,14,17)(H,18,19). The maximum absolute atomic E-state index is 11.7. The monoisotopic (exact) mass is 292 g/mol. The molecular weight excluding hydrogens is 280 g/mol. The van der Waals surface area contributed by atoms with Gasteiger partial charge in [0, 0.05) is 10.9 Å². The Balaban J connectivity index is 1.89. The minimum Gasteiger partial charge on any atom is -0.508 e. The maximum atomic E-state index is 11.7. The summed E-state index contributed by atoms with van der Waals surface area (Å²) in [5.41, 5.74) is 0.510. The van der Waals surface area contributed by atoms with E-state index in [1.807, 2.05) is 0 Å². The van der Waals surface area contributed by atoms with E-state index in [0.717, 1.165) is 0 Å². The van der Waals surface area contributed by atoms with Crippen molar-refractivity contribution in [1.29, 1.82) is 0 Å². The van der Waals surface area contributed by atoms with Crippen molar-refractivity contribution in [3.63, 3.8) is 0 Å². The summed E-state index contributed by atoms with van der Waals surface area (Å²) in [7, 11) is 0. The molecule has 0 aliphatic rings. The van der Waals surface area contributed by atoms with Crippen LogP contribution >= 0.6 is 11.3 Å². The minimum atomic E-state index is -1.09. The molecule has 0 saturated heterocycles. The molecule has 7 heteroatoms. The molecule has 0 spiro atoms. The first kappa shape index (κ1) is 14.0. The number of phenolic OH excluding ortho intramolecular Hbond substituents is 1. The molecule has 2 rings (SSSR count). The van der Waals surface area contributed by atoms with Gasteiger partial charge in [-0.1, -0.05) is 18.2 Å². The highest BCUT2D eigenvalue weighted by atomic mass is 32.1. The predicted molar refractivity (Wildman–Crippen MR) is 72.7 cm³/mol. The Morgan fingerprint density at radius 2 is 2.05 bits per heavy atom. The Labute approximate surface area is 118 Å². The SMILES string of the molecule is O=C(Cc1ccccc1O)NCc1nc(C(=O)O)cs1. The van der Waals surface area contributed by atoms with Crippen molar-refractivity contribution in [2.45, 2.75) is 13.0 Å². The number of thiazole rings is 1. The van der Waals surface area contributed by atoms with Crippen LogP contribution in [0.2, 0.25) is 0 Å². The van der Waals surface area contributed by atoms with Gasteiger partial charge < -0.3 is 15.5 Å². The summed E-state index contributed by atoms with van der Waals surface area (Å²) in [5.74, 6) is -1.28. The Hall–Kier alpha value is -2.41. The number of nitrogens with zero attached hydrogens (tertiary/aromatic N) is 1. The number of para-hydroxylation sites is 1. The van der Waals surface area contributed by atoms with E-state index in [4.69, 9.17) is 5.11 Å². The Morgan fingerprint density at radius 3 is 2.70 bits per heavy atom. The topological polar surface area (TPSA) is 99.5 Å². The number of carboxylic acids is 1. The Morgan fingerprint density at radius 1 is 1.30 bits per heavy atom. The molecule has 0 radical (unpaired) electrons. The van der Waals surface area contributed by atoms with Gasteiger partial charge in [0.2, 0.25) is 5.91 Å². The van der Waals surface area contributed by atoms with Gasteiger partial charge in [0.25, 0.3) is 0 Å². The minimum absolute atomic E-state index is 0.0278. The van der Waals surface area contributed by atoms with Gasteiger partial charge in [0.05, 0.1) is 13.0 Å². The van der Waals surface area contributed by atoms with E-state index in [2.05, 4.69) is 10.3 Å². The van der Waals surface area contributed by atoms with Crippen molar-refractivity contribution >= 4 is 23.2 Å². The molecule has 0 atom stereocenters. The van der Waals surface area contributed by atoms with Crippen LogP contribution in [-0.2, 0) is 17.8 Å². The summed E-state index contributed by atoms with van der Waals surface area (Å²) in [6.45, 7) is 0.171.